The Morgan fingerprint density at radius 2 is 2.50 bits per heavy atom. The molecule has 0 bridgehead atoms. The molecule has 0 saturated carbocycles. The summed E-state index contributed by atoms with van der Waals surface area (Å²) >= 11 is 0. The van der Waals surface area contributed by atoms with Gasteiger partial charge in [-0.05, 0) is 32.0 Å². The molecule has 1 fully saturated rings. The number of hydrogen-bond donors (Lipinski definition) is 2. The highest BCUT2D eigenvalue weighted by Gasteiger charge is 2.19. The van der Waals surface area contributed by atoms with Crippen molar-refractivity contribution in [2.24, 2.45) is 5.92 Å². The lowest BCUT2D eigenvalue weighted by atomic mass is 10.1. The number of aromatic carboxylic acids is 1. The van der Waals surface area contributed by atoms with Gasteiger partial charge in [0.15, 0.2) is 5.88 Å². The second kappa shape index (κ2) is 4.57. The van der Waals surface area contributed by atoms with Crippen LogP contribution in [0.25, 0.3) is 0 Å². The SMILES string of the molecule is CN1CCC(CNc2ccc(C(=O)O)o2)C1. The molecule has 1 unspecified atom stereocenters. The second-order valence-electron chi connectivity index (χ2n) is 4.27. The van der Waals surface area contributed by atoms with Crippen molar-refractivity contribution in [3.05, 3.63) is 17.9 Å². The van der Waals surface area contributed by atoms with Crippen molar-refractivity contribution in [3.63, 3.8) is 0 Å². The van der Waals surface area contributed by atoms with Crippen molar-refractivity contribution in [2.45, 2.75) is 6.42 Å². The molecule has 1 aliphatic heterocycles. The highest BCUT2D eigenvalue weighted by molar-refractivity contribution is 5.84. The van der Waals surface area contributed by atoms with Crippen molar-refractivity contribution in [1.29, 1.82) is 0 Å². The van der Waals surface area contributed by atoms with Gasteiger partial charge >= 0.3 is 5.97 Å². The van der Waals surface area contributed by atoms with Gasteiger partial charge in [-0.15, -0.1) is 0 Å². The topological polar surface area (TPSA) is 65.7 Å². The highest BCUT2D eigenvalue weighted by Crippen LogP contribution is 2.17. The van der Waals surface area contributed by atoms with Crippen LogP contribution in [0.5, 0.6) is 0 Å². The summed E-state index contributed by atoms with van der Waals surface area (Å²) in [6.07, 6.45) is 1.18. The van der Waals surface area contributed by atoms with Crippen molar-refractivity contribution < 1.29 is 14.3 Å². The van der Waals surface area contributed by atoms with Crippen LogP contribution in [-0.4, -0.2) is 42.7 Å². The minimum Gasteiger partial charge on any atom is -0.475 e. The maximum absolute atomic E-state index is 10.6. The predicted molar refractivity (Wildman–Crippen MR) is 59.8 cm³/mol. The fourth-order valence-corrected chi connectivity index (χ4v) is 1.99. The van der Waals surface area contributed by atoms with Crippen LogP contribution in [0.4, 0.5) is 5.88 Å². The first kappa shape index (κ1) is 11.0. The van der Waals surface area contributed by atoms with E-state index in [9.17, 15) is 4.79 Å². The minimum atomic E-state index is -1.03. The van der Waals surface area contributed by atoms with Gasteiger partial charge in [-0.3, -0.25) is 0 Å². The van der Waals surface area contributed by atoms with Crippen molar-refractivity contribution in [1.82, 2.24) is 4.90 Å². The largest absolute Gasteiger partial charge is 0.475 e. The zero-order valence-corrected chi connectivity index (χ0v) is 9.27. The fourth-order valence-electron chi connectivity index (χ4n) is 1.99. The molecule has 0 aromatic carbocycles. The van der Waals surface area contributed by atoms with Crippen molar-refractivity contribution in [3.8, 4) is 0 Å². The third-order valence-corrected chi connectivity index (χ3v) is 2.87. The van der Waals surface area contributed by atoms with Crippen molar-refractivity contribution in [2.75, 3.05) is 32.0 Å². The number of likely N-dealkylation sites (tertiary alicyclic amines) is 1. The molecule has 1 saturated heterocycles. The lowest BCUT2D eigenvalue weighted by Gasteiger charge is -2.10. The summed E-state index contributed by atoms with van der Waals surface area (Å²) in [5, 5.41) is 11.8. The average Bonchev–Trinajstić information content (AvgIpc) is 2.83. The summed E-state index contributed by atoms with van der Waals surface area (Å²) in [4.78, 5) is 12.9. The van der Waals surface area contributed by atoms with E-state index in [-0.39, 0.29) is 5.76 Å². The molecule has 5 nitrogen and oxygen atoms in total. The number of carboxylic acids is 1. The first-order chi connectivity index (χ1) is 7.65. The van der Waals surface area contributed by atoms with Gasteiger partial charge in [-0.25, -0.2) is 4.79 Å². The molecule has 1 atom stereocenters. The number of nitrogens with one attached hydrogen (secondary N) is 1. The van der Waals surface area contributed by atoms with Gasteiger partial charge in [0.2, 0.25) is 5.76 Å². The fraction of sp³-hybridized carbons (Fsp3) is 0.545. The molecule has 2 heterocycles. The van der Waals surface area contributed by atoms with Gasteiger partial charge in [-0.1, -0.05) is 0 Å². The Kier molecular flexibility index (Phi) is 3.14. The van der Waals surface area contributed by atoms with E-state index in [0.717, 1.165) is 19.6 Å². The predicted octanol–water partition coefficient (Wildman–Crippen LogP) is 1.34. The Morgan fingerprint density at radius 3 is 3.06 bits per heavy atom. The zero-order valence-electron chi connectivity index (χ0n) is 9.27. The molecular weight excluding hydrogens is 208 g/mol. The third kappa shape index (κ3) is 2.55. The summed E-state index contributed by atoms with van der Waals surface area (Å²) < 4.78 is 5.11. The summed E-state index contributed by atoms with van der Waals surface area (Å²) in [6, 6.07) is 3.12. The summed E-state index contributed by atoms with van der Waals surface area (Å²) in [6.45, 7) is 3.04. The van der Waals surface area contributed by atoms with Crippen LogP contribution >= 0.6 is 0 Å². The summed E-state index contributed by atoms with van der Waals surface area (Å²) in [7, 11) is 2.11. The molecule has 16 heavy (non-hydrogen) atoms. The number of carboxylic acid groups (broad SMARTS) is 1. The number of rotatable bonds is 4. The third-order valence-electron chi connectivity index (χ3n) is 2.87. The number of hydrogen-bond acceptors (Lipinski definition) is 4. The summed E-state index contributed by atoms with van der Waals surface area (Å²) in [5.41, 5.74) is 0. The monoisotopic (exact) mass is 224 g/mol. The van der Waals surface area contributed by atoms with E-state index < -0.39 is 5.97 Å². The van der Waals surface area contributed by atoms with E-state index in [4.69, 9.17) is 9.52 Å². The van der Waals surface area contributed by atoms with Gasteiger partial charge in [0, 0.05) is 19.2 Å². The Morgan fingerprint density at radius 1 is 1.69 bits per heavy atom. The maximum Gasteiger partial charge on any atom is 0.371 e. The Hall–Kier alpha value is -1.49. The maximum atomic E-state index is 10.6. The van der Waals surface area contributed by atoms with E-state index >= 15 is 0 Å². The van der Waals surface area contributed by atoms with Crippen LogP contribution in [0.1, 0.15) is 17.0 Å². The van der Waals surface area contributed by atoms with Gasteiger partial charge in [0.05, 0.1) is 0 Å². The van der Waals surface area contributed by atoms with Crippen LogP contribution in [0.2, 0.25) is 0 Å². The van der Waals surface area contributed by atoms with E-state index in [1.165, 1.54) is 12.5 Å². The molecule has 0 aliphatic carbocycles. The lowest BCUT2D eigenvalue weighted by molar-refractivity contribution is 0.0663. The minimum absolute atomic E-state index is 0.0222. The Balaban J connectivity index is 1.83. The molecule has 1 aliphatic rings. The first-order valence-electron chi connectivity index (χ1n) is 5.40. The highest BCUT2D eigenvalue weighted by atomic mass is 16.4. The average molecular weight is 224 g/mol. The van der Waals surface area contributed by atoms with Crippen LogP contribution in [0.3, 0.4) is 0 Å². The molecule has 1 aromatic heterocycles. The molecular formula is C11H16N2O3. The number of nitrogens with zero attached hydrogens (tertiary/aromatic N) is 1. The molecule has 1 aromatic rings. The molecule has 0 spiro atoms. The molecule has 0 amide bonds. The zero-order chi connectivity index (χ0) is 11.5. The molecule has 5 heteroatoms. The molecule has 2 N–H and O–H groups in total. The second-order valence-corrected chi connectivity index (χ2v) is 4.27. The van der Waals surface area contributed by atoms with Crippen LogP contribution in [0.15, 0.2) is 16.5 Å². The standard InChI is InChI=1S/C11H16N2O3/c1-13-5-4-8(7-13)6-12-10-3-2-9(16-10)11(14)15/h2-3,8,12H,4-7H2,1H3,(H,14,15). The first-order valence-corrected chi connectivity index (χ1v) is 5.40. The van der Waals surface area contributed by atoms with Gasteiger partial charge < -0.3 is 19.7 Å². The van der Waals surface area contributed by atoms with E-state index in [1.807, 2.05) is 0 Å². The van der Waals surface area contributed by atoms with Crippen LogP contribution in [-0.2, 0) is 0 Å². The molecule has 2 rings (SSSR count). The Bertz CT molecular complexity index is 375. The van der Waals surface area contributed by atoms with Gasteiger partial charge in [0.25, 0.3) is 0 Å². The Labute approximate surface area is 94.0 Å². The van der Waals surface area contributed by atoms with E-state index in [0.29, 0.717) is 11.8 Å². The number of carbonyl (C=O) groups is 1. The lowest BCUT2D eigenvalue weighted by Crippen LogP contribution is -2.18. The molecule has 88 valence electrons. The van der Waals surface area contributed by atoms with Crippen LogP contribution in [0, 0.1) is 5.92 Å². The molecule has 0 radical (unpaired) electrons. The van der Waals surface area contributed by atoms with Crippen LogP contribution < -0.4 is 5.32 Å². The quantitative estimate of drug-likeness (QED) is 0.808. The van der Waals surface area contributed by atoms with Gasteiger partial charge in [0.1, 0.15) is 0 Å². The number of furan rings is 1. The van der Waals surface area contributed by atoms with Crippen molar-refractivity contribution >= 4 is 11.9 Å². The van der Waals surface area contributed by atoms with E-state index in [1.54, 1.807) is 6.07 Å². The smallest absolute Gasteiger partial charge is 0.371 e. The van der Waals surface area contributed by atoms with E-state index in [2.05, 4.69) is 17.3 Å². The summed E-state index contributed by atoms with van der Waals surface area (Å²) in [5.74, 6) is 0.0926. The van der Waals surface area contributed by atoms with Gasteiger partial charge in [-0.2, -0.15) is 0 Å². The normalized spacial score (nSPS) is 21.2. The number of anilines is 1.